The highest BCUT2D eigenvalue weighted by Gasteiger charge is 2.37. The maximum absolute atomic E-state index is 13.5. The van der Waals surface area contributed by atoms with Crippen molar-refractivity contribution in [3.05, 3.63) is 35.6 Å². The fraction of sp³-hybridized carbons (Fsp3) is 0.533. The Labute approximate surface area is 111 Å². The lowest BCUT2D eigenvalue weighted by Gasteiger charge is -2.26. The molecule has 0 aromatic heterocycles. The average molecular weight is 264 g/mol. The fourth-order valence-electron chi connectivity index (χ4n) is 3.09. The van der Waals surface area contributed by atoms with Crippen molar-refractivity contribution in [1.82, 2.24) is 0 Å². The molecule has 2 unspecified atom stereocenters. The van der Waals surface area contributed by atoms with Crippen LogP contribution in [-0.2, 0) is 11.2 Å². The molecule has 2 heterocycles. The number of hydrogen-bond acceptors (Lipinski definition) is 2. The molecule has 2 saturated heterocycles. The van der Waals surface area contributed by atoms with E-state index in [2.05, 4.69) is 11.8 Å². The van der Waals surface area contributed by atoms with Crippen molar-refractivity contribution in [1.29, 1.82) is 0 Å². The Kier molecular flexibility index (Phi) is 3.42. The van der Waals surface area contributed by atoms with Crippen molar-refractivity contribution < 1.29 is 9.18 Å². The number of fused-ring (bicyclic) bond motifs is 2. The van der Waals surface area contributed by atoms with E-state index in [-0.39, 0.29) is 23.9 Å². The zero-order valence-electron chi connectivity index (χ0n) is 10.3. The monoisotopic (exact) mass is 264 g/mol. The second kappa shape index (κ2) is 5.04. The van der Waals surface area contributed by atoms with E-state index >= 15 is 0 Å². The van der Waals surface area contributed by atoms with E-state index in [0.717, 1.165) is 12.8 Å². The zero-order chi connectivity index (χ0) is 12.5. The summed E-state index contributed by atoms with van der Waals surface area (Å²) < 4.78 is 13.5. The zero-order valence-corrected chi connectivity index (χ0v) is 11.1. The van der Waals surface area contributed by atoms with Gasteiger partial charge in [-0.1, -0.05) is 18.2 Å². The van der Waals surface area contributed by atoms with Crippen LogP contribution >= 0.6 is 11.8 Å². The van der Waals surface area contributed by atoms with Crippen molar-refractivity contribution in [2.45, 2.75) is 42.6 Å². The summed E-state index contributed by atoms with van der Waals surface area (Å²) in [6.07, 6.45) is 4.81. The van der Waals surface area contributed by atoms with Crippen LogP contribution in [0.3, 0.4) is 0 Å². The molecule has 0 radical (unpaired) electrons. The van der Waals surface area contributed by atoms with E-state index in [1.165, 1.54) is 18.9 Å². The average Bonchev–Trinajstić information content (AvgIpc) is 2.71. The smallest absolute Gasteiger partial charge is 0.140 e. The molecule has 1 aromatic carbocycles. The molecule has 0 N–H and O–H groups in total. The summed E-state index contributed by atoms with van der Waals surface area (Å²) in [6, 6.07) is 6.62. The van der Waals surface area contributed by atoms with Crippen molar-refractivity contribution in [2.75, 3.05) is 0 Å². The Hall–Kier alpha value is -0.830. The maximum Gasteiger partial charge on any atom is 0.140 e. The highest BCUT2D eigenvalue weighted by Crippen LogP contribution is 2.46. The quantitative estimate of drug-likeness (QED) is 0.829. The normalized spacial score (nSPS) is 30.4. The maximum atomic E-state index is 13.5. The van der Waals surface area contributed by atoms with Gasteiger partial charge < -0.3 is 0 Å². The Morgan fingerprint density at radius 3 is 2.56 bits per heavy atom. The van der Waals surface area contributed by atoms with Gasteiger partial charge in [-0.2, -0.15) is 11.8 Å². The van der Waals surface area contributed by atoms with Crippen LogP contribution in [0.25, 0.3) is 0 Å². The van der Waals surface area contributed by atoms with Gasteiger partial charge in [0.25, 0.3) is 0 Å². The lowest BCUT2D eigenvalue weighted by atomic mass is 9.91. The second-order valence-corrected chi connectivity index (χ2v) is 6.97. The van der Waals surface area contributed by atoms with E-state index in [1.54, 1.807) is 18.2 Å². The van der Waals surface area contributed by atoms with Crippen LogP contribution in [0.5, 0.6) is 0 Å². The minimum Gasteiger partial charge on any atom is -0.299 e. The van der Waals surface area contributed by atoms with E-state index < -0.39 is 0 Å². The van der Waals surface area contributed by atoms with Crippen molar-refractivity contribution in [3.8, 4) is 0 Å². The molecule has 2 aliphatic heterocycles. The number of hydrogen-bond donors (Lipinski definition) is 0. The first-order valence-corrected chi connectivity index (χ1v) is 7.58. The number of ketones is 1. The van der Waals surface area contributed by atoms with Crippen LogP contribution in [-0.4, -0.2) is 16.3 Å². The molecule has 0 spiro atoms. The van der Waals surface area contributed by atoms with Gasteiger partial charge in [0.15, 0.2) is 0 Å². The molecule has 1 aromatic rings. The summed E-state index contributed by atoms with van der Waals surface area (Å²) in [5.41, 5.74) is 0.549. The summed E-state index contributed by atoms with van der Waals surface area (Å²) in [5, 5.41) is 1.36. The Morgan fingerprint density at radius 2 is 1.89 bits per heavy atom. The number of thioether (sulfide) groups is 1. The van der Waals surface area contributed by atoms with Crippen LogP contribution in [0.2, 0.25) is 0 Å². The summed E-state index contributed by atoms with van der Waals surface area (Å²) in [7, 11) is 0. The third-order valence-electron chi connectivity index (χ3n) is 4.07. The van der Waals surface area contributed by atoms with E-state index in [4.69, 9.17) is 0 Å². The van der Waals surface area contributed by atoms with Gasteiger partial charge in [-0.3, -0.25) is 4.79 Å². The van der Waals surface area contributed by atoms with Gasteiger partial charge in [-0.05, 0) is 37.3 Å². The summed E-state index contributed by atoms with van der Waals surface area (Å²) in [6.45, 7) is 0. The molecular formula is C15H17FOS. The Morgan fingerprint density at radius 1 is 1.22 bits per heavy atom. The predicted molar refractivity (Wildman–Crippen MR) is 72.2 cm³/mol. The molecule has 0 saturated carbocycles. The topological polar surface area (TPSA) is 17.1 Å². The SMILES string of the molecule is O=C(Cc1ccccc1F)C1CC2CCC(C1)S2. The molecule has 2 fully saturated rings. The molecule has 3 heteroatoms. The molecule has 3 rings (SSSR count). The first-order chi connectivity index (χ1) is 8.72. The number of carbonyl (C=O) groups is 1. The van der Waals surface area contributed by atoms with Gasteiger partial charge in [0.05, 0.1) is 0 Å². The standard InChI is InChI=1S/C15H17FOS/c16-14-4-2-1-3-10(14)9-15(17)11-7-12-5-6-13(8-11)18-12/h1-4,11-13H,5-9H2. The Balaban J connectivity index is 1.67. The first-order valence-electron chi connectivity index (χ1n) is 6.64. The second-order valence-electron chi connectivity index (χ2n) is 5.36. The van der Waals surface area contributed by atoms with Crippen molar-refractivity contribution >= 4 is 17.5 Å². The van der Waals surface area contributed by atoms with Crippen LogP contribution in [0.1, 0.15) is 31.2 Å². The Bertz CT molecular complexity index is 448. The summed E-state index contributed by atoms with van der Waals surface area (Å²) >= 11 is 2.06. The van der Waals surface area contributed by atoms with Gasteiger partial charge in [-0.15, -0.1) is 0 Å². The van der Waals surface area contributed by atoms with Gasteiger partial charge in [0.2, 0.25) is 0 Å². The third kappa shape index (κ3) is 2.46. The van der Waals surface area contributed by atoms with Gasteiger partial charge >= 0.3 is 0 Å². The molecule has 18 heavy (non-hydrogen) atoms. The third-order valence-corrected chi connectivity index (χ3v) is 5.69. The number of Topliss-reactive ketones (excluding diaryl/α,β-unsaturated/α-hetero) is 1. The lowest BCUT2D eigenvalue weighted by molar-refractivity contribution is -0.122. The van der Waals surface area contributed by atoms with Gasteiger partial charge in [0, 0.05) is 22.8 Å². The number of carbonyl (C=O) groups excluding carboxylic acids is 1. The largest absolute Gasteiger partial charge is 0.299 e. The highest BCUT2D eigenvalue weighted by molar-refractivity contribution is 8.00. The molecule has 1 nitrogen and oxygen atoms in total. The van der Waals surface area contributed by atoms with Crippen molar-refractivity contribution in [3.63, 3.8) is 0 Å². The number of rotatable bonds is 3. The van der Waals surface area contributed by atoms with Crippen LogP contribution in [0.4, 0.5) is 4.39 Å². The van der Waals surface area contributed by atoms with Crippen LogP contribution < -0.4 is 0 Å². The summed E-state index contributed by atoms with van der Waals surface area (Å²) in [4.78, 5) is 12.3. The van der Waals surface area contributed by atoms with E-state index in [9.17, 15) is 9.18 Å². The van der Waals surface area contributed by atoms with Crippen LogP contribution in [0.15, 0.2) is 24.3 Å². The van der Waals surface area contributed by atoms with Gasteiger partial charge in [0.1, 0.15) is 11.6 Å². The van der Waals surface area contributed by atoms with Crippen LogP contribution in [0, 0.1) is 11.7 Å². The van der Waals surface area contributed by atoms with E-state index in [1.807, 2.05) is 0 Å². The summed E-state index contributed by atoms with van der Waals surface area (Å²) in [5.74, 6) is 0.152. The molecular weight excluding hydrogens is 247 g/mol. The predicted octanol–water partition coefficient (Wildman–Crippen LogP) is 3.61. The molecule has 2 bridgehead atoms. The minimum atomic E-state index is -0.251. The molecule has 2 aliphatic rings. The van der Waals surface area contributed by atoms with E-state index in [0.29, 0.717) is 16.1 Å². The van der Waals surface area contributed by atoms with Crippen molar-refractivity contribution in [2.24, 2.45) is 5.92 Å². The molecule has 2 atom stereocenters. The first kappa shape index (κ1) is 12.2. The molecule has 0 aliphatic carbocycles. The highest BCUT2D eigenvalue weighted by atomic mass is 32.2. The fourth-order valence-corrected chi connectivity index (χ4v) is 4.87. The van der Waals surface area contributed by atoms with Gasteiger partial charge in [-0.25, -0.2) is 4.39 Å². The molecule has 0 amide bonds. The molecule has 96 valence electrons. The number of halogens is 1. The number of benzene rings is 1. The lowest BCUT2D eigenvalue weighted by Crippen LogP contribution is -2.26. The minimum absolute atomic E-state index is 0.170.